The number of aromatic nitrogens is 1. The van der Waals surface area contributed by atoms with Gasteiger partial charge in [0, 0.05) is 25.2 Å². The minimum absolute atomic E-state index is 0.0154. The van der Waals surface area contributed by atoms with E-state index in [0.717, 1.165) is 18.7 Å². The molecule has 0 unspecified atom stereocenters. The van der Waals surface area contributed by atoms with Crippen LogP contribution in [0.2, 0.25) is 0 Å². The number of fused-ring (bicyclic) bond motifs is 1. The summed E-state index contributed by atoms with van der Waals surface area (Å²) in [7, 11) is 4.06. The minimum Gasteiger partial charge on any atom is -0.475 e. The van der Waals surface area contributed by atoms with Gasteiger partial charge in [-0.25, -0.2) is 4.98 Å². The number of carbonyl (C=O) groups is 1. The Hall–Kier alpha value is -1.62. The van der Waals surface area contributed by atoms with E-state index in [2.05, 4.69) is 9.88 Å². The SMILES string of the molecule is CCN1CCOc2nc(CCN(C)C)ccc2C1=O. The van der Waals surface area contributed by atoms with Crippen LogP contribution in [0, 0.1) is 0 Å². The van der Waals surface area contributed by atoms with Gasteiger partial charge in [0.1, 0.15) is 12.2 Å². The van der Waals surface area contributed by atoms with Gasteiger partial charge in [-0.15, -0.1) is 0 Å². The molecule has 2 rings (SSSR count). The second kappa shape index (κ2) is 6.02. The van der Waals surface area contributed by atoms with Gasteiger partial charge in [0.25, 0.3) is 5.91 Å². The van der Waals surface area contributed by atoms with Crippen LogP contribution in [-0.4, -0.2) is 61.0 Å². The van der Waals surface area contributed by atoms with Crippen molar-refractivity contribution in [1.82, 2.24) is 14.8 Å². The van der Waals surface area contributed by atoms with Crippen LogP contribution in [0.1, 0.15) is 23.0 Å². The number of rotatable bonds is 4. The molecule has 19 heavy (non-hydrogen) atoms. The third kappa shape index (κ3) is 3.23. The van der Waals surface area contributed by atoms with Crippen LogP contribution in [-0.2, 0) is 6.42 Å². The van der Waals surface area contributed by atoms with Gasteiger partial charge in [0.15, 0.2) is 0 Å². The lowest BCUT2D eigenvalue weighted by Crippen LogP contribution is -2.31. The van der Waals surface area contributed by atoms with Crippen molar-refractivity contribution in [2.45, 2.75) is 13.3 Å². The maximum absolute atomic E-state index is 12.2. The first-order valence-corrected chi connectivity index (χ1v) is 6.68. The summed E-state index contributed by atoms with van der Waals surface area (Å²) >= 11 is 0. The molecule has 104 valence electrons. The van der Waals surface area contributed by atoms with Crippen molar-refractivity contribution in [1.29, 1.82) is 0 Å². The summed E-state index contributed by atoms with van der Waals surface area (Å²) in [5.41, 5.74) is 1.54. The Kier molecular flexibility index (Phi) is 4.37. The Labute approximate surface area is 114 Å². The molecule has 0 saturated heterocycles. The topological polar surface area (TPSA) is 45.7 Å². The Balaban J connectivity index is 2.20. The van der Waals surface area contributed by atoms with Crippen molar-refractivity contribution in [2.24, 2.45) is 0 Å². The average molecular weight is 263 g/mol. The van der Waals surface area contributed by atoms with Gasteiger partial charge in [0.2, 0.25) is 5.88 Å². The predicted octanol–water partition coefficient (Wildman–Crippen LogP) is 1.04. The maximum Gasteiger partial charge on any atom is 0.259 e. The molecule has 1 aliphatic heterocycles. The van der Waals surface area contributed by atoms with E-state index in [0.29, 0.717) is 31.1 Å². The molecular formula is C14H21N3O2. The first-order valence-electron chi connectivity index (χ1n) is 6.68. The van der Waals surface area contributed by atoms with Gasteiger partial charge in [-0.05, 0) is 33.2 Å². The first-order chi connectivity index (χ1) is 9.11. The molecular weight excluding hydrogens is 242 g/mol. The van der Waals surface area contributed by atoms with Crippen LogP contribution in [0.25, 0.3) is 0 Å². The van der Waals surface area contributed by atoms with Gasteiger partial charge < -0.3 is 14.5 Å². The number of hydrogen-bond acceptors (Lipinski definition) is 4. The molecule has 0 radical (unpaired) electrons. The number of likely N-dealkylation sites (N-methyl/N-ethyl adjacent to an activating group) is 2. The average Bonchev–Trinajstić information content (AvgIpc) is 2.55. The molecule has 1 aromatic rings. The van der Waals surface area contributed by atoms with Crippen molar-refractivity contribution < 1.29 is 9.53 Å². The number of ether oxygens (including phenoxy) is 1. The van der Waals surface area contributed by atoms with E-state index in [4.69, 9.17) is 4.74 Å². The molecule has 0 bridgehead atoms. The summed E-state index contributed by atoms with van der Waals surface area (Å²) in [5.74, 6) is 0.499. The second-order valence-electron chi connectivity index (χ2n) is 4.94. The van der Waals surface area contributed by atoms with Crippen molar-refractivity contribution in [3.8, 4) is 5.88 Å². The van der Waals surface area contributed by atoms with Gasteiger partial charge >= 0.3 is 0 Å². The molecule has 0 saturated carbocycles. The predicted molar refractivity (Wildman–Crippen MR) is 73.6 cm³/mol. The van der Waals surface area contributed by atoms with Crippen LogP contribution >= 0.6 is 0 Å². The third-order valence-electron chi connectivity index (χ3n) is 3.23. The Morgan fingerprint density at radius 2 is 2.21 bits per heavy atom. The van der Waals surface area contributed by atoms with E-state index in [1.807, 2.05) is 33.2 Å². The highest BCUT2D eigenvalue weighted by Crippen LogP contribution is 2.21. The van der Waals surface area contributed by atoms with Gasteiger partial charge in [-0.2, -0.15) is 0 Å². The van der Waals surface area contributed by atoms with Crippen molar-refractivity contribution >= 4 is 5.91 Å². The van der Waals surface area contributed by atoms with Gasteiger partial charge in [-0.1, -0.05) is 0 Å². The van der Waals surface area contributed by atoms with Gasteiger partial charge in [0.05, 0.1) is 6.54 Å². The fourth-order valence-electron chi connectivity index (χ4n) is 2.06. The van der Waals surface area contributed by atoms with Crippen LogP contribution in [0.3, 0.4) is 0 Å². The molecule has 0 aromatic carbocycles. The summed E-state index contributed by atoms with van der Waals surface area (Å²) in [6, 6.07) is 3.76. The fourth-order valence-corrected chi connectivity index (χ4v) is 2.06. The summed E-state index contributed by atoms with van der Waals surface area (Å²) < 4.78 is 5.61. The number of nitrogens with zero attached hydrogens (tertiary/aromatic N) is 3. The van der Waals surface area contributed by atoms with Crippen molar-refractivity contribution in [2.75, 3.05) is 40.3 Å². The van der Waals surface area contributed by atoms with Crippen LogP contribution in [0.4, 0.5) is 0 Å². The lowest BCUT2D eigenvalue weighted by molar-refractivity contribution is 0.0765. The van der Waals surface area contributed by atoms with Crippen molar-refractivity contribution in [3.63, 3.8) is 0 Å². The Bertz CT molecular complexity index is 460. The molecule has 5 heteroatoms. The van der Waals surface area contributed by atoms with Gasteiger partial charge in [-0.3, -0.25) is 4.79 Å². The van der Waals surface area contributed by atoms with E-state index in [1.165, 1.54) is 0 Å². The monoisotopic (exact) mass is 263 g/mol. The van der Waals surface area contributed by atoms with Crippen molar-refractivity contribution in [3.05, 3.63) is 23.4 Å². The second-order valence-corrected chi connectivity index (χ2v) is 4.94. The Morgan fingerprint density at radius 3 is 2.89 bits per heavy atom. The quantitative estimate of drug-likeness (QED) is 0.814. The highest BCUT2D eigenvalue weighted by atomic mass is 16.5. The number of amides is 1. The highest BCUT2D eigenvalue weighted by Gasteiger charge is 2.23. The number of carbonyl (C=O) groups excluding carboxylic acids is 1. The largest absolute Gasteiger partial charge is 0.475 e. The van der Waals surface area contributed by atoms with E-state index in [9.17, 15) is 4.79 Å². The molecule has 1 aliphatic rings. The summed E-state index contributed by atoms with van der Waals surface area (Å²) in [4.78, 5) is 20.6. The molecule has 0 fully saturated rings. The zero-order valence-electron chi connectivity index (χ0n) is 11.8. The molecule has 0 N–H and O–H groups in total. The van der Waals surface area contributed by atoms with E-state index in [-0.39, 0.29) is 5.91 Å². The lowest BCUT2D eigenvalue weighted by Gasteiger charge is -2.16. The van der Waals surface area contributed by atoms with Crippen LogP contribution in [0.5, 0.6) is 5.88 Å². The molecule has 5 nitrogen and oxygen atoms in total. The highest BCUT2D eigenvalue weighted by molar-refractivity contribution is 5.96. The van der Waals surface area contributed by atoms with E-state index >= 15 is 0 Å². The molecule has 1 aromatic heterocycles. The third-order valence-corrected chi connectivity index (χ3v) is 3.23. The normalized spacial score (nSPS) is 15.2. The molecule has 0 atom stereocenters. The minimum atomic E-state index is 0.0154. The van der Waals surface area contributed by atoms with E-state index < -0.39 is 0 Å². The molecule has 2 heterocycles. The summed E-state index contributed by atoms with van der Waals surface area (Å²) in [5, 5.41) is 0. The first kappa shape index (κ1) is 13.8. The zero-order valence-corrected chi connectivity index (χ0v) is 11.8. The lowest BCUT2D eigenvalue weighted by atomic mass is 10.2. The number of pyridine rings is 1. The standard InChI is InChI=1S/C14H21N3O2/c1-4-17-9-10-19-13-12(14(17)18)6-5-11(15-13)7-8-16(2)3/h5-6H,4,7-10H2,1-3H3. The zero-order chi connectivity index (χ0) is 13.8. The number of hydrogen-bond donors (Lipinski definition) is 0. The molecule has 1 amide bonds. The summed E-state index contributed by atoms with van der Waals surface area (Å²) in [6.07, 6.45) is 0.856. The van der Waals surface area contributed by atoms with Crippen LogP contribution < -0.4 is 4.74 Å². The molecule has 0 spiro atoms. The van der Waals surface area contributed by atoms with Crippen LogP contribution in [0.15, 0.2) is 12.1 Å². The van der Waals surface area contributed by atoms with E-state index in [1.54, 1.807) is 4.90 Å². The maximum atomic E-state index is 12.2. The smallest absolute Gasteiger partial charge is 0.259 e. The summed E-state index contributed by atoms with van der Waals surface area (Å²) in [6.45, 7) is 4.74. The Morgan fingerprint density at radius 1 is 1.42 bits per heavy atom. The fraction of sp³-hybridized carbons (Fsp3) is 0.571. The molecule has 0 aliphatic carbocycles.